The summed E-state index contributed by atoms with van der Waals surface area (Å²) >= 11 is 0. The van der Waals surface area contributed by atoms with E-state index in [2.05, 4.69) is 0 Å². The van der Waals surface area contributed by atoms with Crippen molar-refractivity contribution in [1.82, 2.24) is 0 Å². The lowest BCUT2D eigenvalue weighted by Crippen LogP contribution is -2.10. The van der Waals surface area contributed by atoms with Crippen LogP contribution in [0.2, 0.25) is 0 Å². The lowest BCUT2D eigenvalue weighted by atomic mass is 10.0. The van der Waals surface area contributed by atoms with Gasteiger partial charge in [0.05, 0.1) is 0 Å². The fourth-order valence-electron chi connectivity index (χ4n) is 1.54. The second kappa shape index (κ2) is 4.25. The molecule has 0 aliphatic heterocycles. The van der Waals surface area contributed by atoms with Gasteiger partial charge in [-0.15, -0.1) is 0 Å². The van der Waals surface area contributed by atoms with Crippen LogP contribution < -0.4 is 5.73 Å². The van der Waals surface area contributed by atoms with E-state index in [-0.39, 0.29) is 0 Å². The molecule has 86 valence electrons. The average Bonchev–Trinajstić information content (AvgIpc) is 2.33. The molecule has 0 saturated heterocycles. The first-order valence-electron chi connectivity index (χ1n) is 4.96. The van der Waals surface area contributed by atoms with Gasteiger partial charge in [-0.2, -0.15) is 0 Å². The van der Waals surface area contributed by atoms with Crippen molar-refractivity contribution in [2.45, 2.75) is 0 Å². The lowest BCUT2D eigenvalue weighted by molar-refractivity contribution is 0.100. The van der Waals surface area contributed by atoms with E-state index in [0.29, 0.717) is 16.7 Å². The van der Waals surface area contributed by atoms with Gasteiger partial charge in [-0.25, -0.2) is 4.39 Å². The van der Waals surface area contributed by atoms with E-state index in [1.807, 2.05) is 0 Å². The first-order chi connectivity index (χ1) is 8.08. The Morgan fingerprint density at radius 1 is 1.12 bits per heavy atom. The van der Waals surface area contributed by atoms with Crippen LogP contribution in [0.5, 0.6) is 5.75 Å². The van der Waals surface area contributed by atoms with Crippen molar-refractivity contribution in [3.63, 3.8) is 0 Å². The first kappa shape index (κ1) is 11.1. The maximum Gasteiger partial charge on any atom is 0.248 e. The van der Waals surface area contributed by atoms with Gasteiger partial charge in [-0.1, -0.05) is 18.2 Å². The highest BCUT2D eigenvalue weighted by atomic mass is 19.1. The molecular weight excluding hydrogens is 221 g/mol. The molecule has 3 N–H and O–H groups in total. The first-order valence-corrected chi connectivity index (χ1v) is 4.96. The number of rotatable bonds is 2. The van der Waals surface area contributed by atoms with Gasteiger partial charge >= 0.3 is 0 Å². The molecule has 0 aliphatic carbocycles. The van der Waals surface area contributed by atoms with Gasteiger partial charge in [0.1, 0.15) is 0 Å². The molecular formula is C13H10FNO2. The fraction of sp³-hybridized carbons (Fsp3) is 0. The monoisotopic (exact) mass is 231 g/mol. The van der Waals surface area contributed by atoms with E-state index in [1.165, 1.54) is 18.2 Å². The topological polar surface area (TPSA) is 63.3 Å². The number of carbonyl (C=O) groups excluding carboxylic acids is 1. The third-order valence-corrected chi connectivity index (χ3v) is 2.43. The summed E-state index contributed by atoms with van der Waals surface area (Å²) in [5, 5.41) is 9.27. The molecule has 0 bridgehead atoms. The highest BCUT2D eigenvalue weighted by Crippen LogP contribution is 2.26. The highest BCUT2D eigenvalue weighted by molar-refractivity contribution is 5.94. The maximum atomic E-state index is 12.9. The van der Waals surface area contributed by atoms with E-state index < -0.39 is 17.5 Å². The number of phenolic OH excluding ortho intramolecular Hbond substituents is 1. The van der Waals surface area contributed by atoms with Gasteiger partial charge < -0.3 is 10.8 Å². The standard InChI is InChI=1S/C13H10FNO2/c14-11-5-4-9(7-12(11)16)8-2-1-3-10(6-8)13(15)17/h1-7,16H,(H2,15,17). The van der Waals surface area contributed by atoms with Gasteiger partial charge in [0.25, 0.3) is 0 Å². The van der Waals surface area contributed by atoms with E-state index in [9.17, 15) is 14.3 Å². The van der Waals surface area contributed by atoms with E-state index in [0.717, 1.165) is 0 Å². The largest absolute Gasteiger partial charge is 0.505 e. The molecule has 0 heterocycles. The number of nitrogens with two attached hydrogens (primary N) is 1. The van der Waals surface area contributed by atoms with Crippen molar-refractivity contribution in [2.75, 3.05) is 0 Å². The molecule has 17 heavy (non-hydrogen) atoms. The van der Waals surface area contributed by atoms with Crippen LogP contribution in [0, 0.1) is 5.82 Å². The number of carbonyl (C=O) groups is 1. The van der Waals surface area contributed by atoms with Crippen LogP contribution in [-0.2, 0) is 0 Å². The van der Waals surface area contributed by atoms with Crippen LogP contribution in [0.4, 0.5) is 4.39 Å². The predicted octanol–water partition coefficient (Wildman–Crippen LogP) is 2.30. The van der Waals surface area contributed by atoms with Gasteiger partial charge in [0.15, 0.2) is 11.6 Å². The summed E-state index contributed by atoms with van der Waals surface area (Å²) in [4.78, 5) is 11.0. The minimum atomic E-state index is -0.681. The normalized spacial score (nSPS) is 10.2. The third-order valence-electron chi connectivity index (χ3n) is 2.43. The zero-order valence-electron chi connectivity index (χ0n) is 8.85. The van der Waals surface area contributed by atoms with Crippen LogP contribution in [0.3, 0.4) is 0 Å². The smallest absolute Gasteiger partial charge is 0.248 e. The summed E-state index contributed by atoms with van der Waals surface area (Å²) in [7, 11) is 0. The molecule has 0 aliphatic rings. The lowest BCUT2D eigenvalue weighted by Gasteiger charge is -2.04. The Bertz CT molecular complexity index is 581. The predicted molar refractivity (Wildman–Crippen MR) is 62.0 cm³/mol. The average molecular weight is 231 g/mol. The van der Waals surface area contributed by atoms with Crippen LogP contribution in [0.1, 0.15) is 10.4 Å². The fourth-order valence-corrected chi connectivity index (χ4v) is 1.54. The Hall–Kier alpha value is -2.36. The molecule has 0 aromatic heterocycles. The molecule has 0 unspecified atom stereocenters. The summed E-state index contributed by atoms with van der Waals surface area (Å²) in [6.07, 6.45) is 0. The SMILES string of the molecule is NC(=O)c1cccc(-c2ccc(F)c(O)c2)c1. The molecule has 2 aromatic carbocycles. The van der Waals surface area contributed by atoms with Crippen LogP contribution in [0.15, 0.2) is 42.5 Å². The van der Waals surface area contributed by atoms with Crippen molar-refractivity contribution in [3.8, 4) is 16.9 Å². The van der Waals surface area contributed by atoms with Crippen LogP contribution >= 0.6 is 0 Å². The number of primary amides is 1. The Kier molecular flexibility index (Phi) is 2.78. The Labute approximate surface area is 97.3 Å². The van der Waals surface area contributed by atoms with E-state index in [1.54, 1.807) is 24.3 Å². The van der Waals surface area contributed by atoms with Crippen molar-refractivity contribution < 1.29 is 14.3 Å². The second-order valence-electron chi connectivity index (χ2n) is 3.61. The van der Waals surface area contributed by atoms with Gasteiger partial charge in [-0.05, 0) is 35.4 Å². The Morgan fingerprint density at radius 2 is 1.82 bits per heavy atom. The molecule has 0 saturated carbocycles. The number of halogens is 1. The molecule has 2 rings (SSSR count). The molecule has 0 radical (unpaired) electrons. The van der Waals surface area contributed by atoms with Gasteiger partial charge in [0, 0.05) is 5.56 Å². The van der Waals surface area contributed by atoms with Gasteiger partial charge in [-0.3, -0.25) is 4.79 Å². The minimum Gasteiger partial charge on any atom is -0.505 e. The second-order valence-corrected chi connectivity index (χ2v) is 3.61. The summed E-state index contributed by atoms with van der Waals surface area (Å²) in [5.74, 6) is -1.63. The zero-order chi connectivity index (χ0) is 12.4. The highest BCUT2D eigenvalue weighted by Gasteiger charge is 2.06. The molecule has 0 atom stereocenters. The minimum absolute atomic E-state index is 0.367. The Balaban J connectivity index is 2.49. The number of benzene rings is 2. The molecule has 2 aromatic rings. The Morgan fingerprint density at radius 3 is 2.47 bits per heavy atom. The zero-order valence-corrected chi connectivity index (χ0v) is 8.85. The van der Waals surface area contributed by atoms with Crippen molar-refractivity contribution >= 4 is 5.91 Å². The number of hydrogen-bond acceptors (Lipinski definition) is 2. The third kappa shape index (κ3) is 2.25. The number of hydrogen-bond donors (Lipinski definition) is 2. The van der Waals surface area contributed by atoms with Crippen molar-refractivity contribution in [3.05, 3.63) is 53.8 Å². The van der Waals surface area contributed by atoms with Crippen molar-refractivity contribution in [1.29, 1.82) is 0 Å². The van der Waals surface area contributed by atoms with Gasteiger partial charge in [0.2, 0.25) is 5.91 Å². The van der Waals surface area contributed by atoms with E-state index in [4.69, 9.17) is 5.73 Å². The quantitative estimate of drug-likeness (QED) is 0.832. The van der Waals surface area contributed by atoms with Crippen LogP contribution in [0.25, 0.3) is 11.1 Å². The molecule has 0 spiro atoms. The maximum absolute atomic E-state index is 12.9. The molecule has 0 fully saturated rings. The van der Waals surface area contributed by atoms with E-state index >= 15 is 0 Å². The van der Waals surface area contributed by atoms with Crippen LogP contribution in [-0.4, -0.2) is 11.0 Å². The number of phenols is 1. The summed E-state index contributed by atoms with van der Waals surface area (Å²) in [5.41, 5.74) is 6.84. The summed E-state index contributed by atoms with van der Waals surface area (Å²) in [6, 6.07) is 10.6. The van der Waals surface area contributed by atoms with Crippen molar-refractivity contribution in [2.24, 2.45) is 5.73 Å². The molecule has 4 heteroatoms. The number of amides is 1. The number of aromatic hydroxyl groups is 1. The summed E-state index contributed by atoms with van der Waals surface area (Å²) < 4.78 is 12.9. The molecule has 3 nitrogen and oxygen atoms in total. The summed E-state index contributed by atoms with van der Waals surface area (Å²) in [6.45, 7) is 0. The molecule has 1 amide bonds.